The van der Waals surface area contributed by atoms with Crippen LogP contribution in [0.25, 0.3) is 11.4 Å². The third kappa shape index (κ3) is 3.54. The van der Waals surface area contributed by atoms with Crippen LogP contribution in [0.15, 0.2) is 24.3 Å². The zero-order chi connectivity index (χ0) is 16.3. The minimum absolute atomic E-state index is 0.00806. The molecule has 5 nitrogen and oxygen atoms in total. The molecular weight excluding hydrogens is 304 g/mol. The second-order valence-electron chi connectivity index (χ2n) is 5.09. The molecule has 0 aliphatic rings. The number of benzene rings is 1. The standard InChI is InChI=1S/C16H17ClN2O3/c1-4-12-14(22-16(20)21)13(9(2)3)19-15(18-12)10-5-7-11(17)8-6-10/h5-9H,4H2,1-3H3,(H,20,21). The molecule has 0 atom stereocenters. The highest BCUT2D eigenvalue weighted by molar-refractivity contribution is 6.30. The van der Waals surface area contributed by atoms with Crippen LogP contribution in [-0.4, -0.2) is 21.2 Å². The molecule has 0 aliphatic carbocycles. The predicted octanol–water partition coefficient (Wildman–Crippen LogP) is 4.54. The van der Waals surface area contributed by atoms with Gasteiger partial charge in [-0.1, -0.05) is 32.4 Å². The Morgan fingerprint density at radius 3 is 2.41 bits per heavy atom. The van der Waals surface area contributed by atoms with Crippen LogP contribution in [-0.2, 0) is 6.42 Å². The maximum Gasteiger partial charge on any atom is 0.511 e. The van der Waals surface area contributed by atoms with Gasteiger partial charge < -0.3 is 9.84 Å². The highest BCUT2D eigenvalue weighted by Gasteiger charge is 2.20. The molecule has 0 bridgehead atoms. The summed E-state index contributed by atoms with van der Waals surface area (Å²) < 4.78 is 4.91. The van der Waals surface area contributed by atoms with Crippen molar-refractivity contribution in [3.8, 4) is 17.1 Å². The van der Waals surface area contributed by atoms with Crippen LogP contribution in [0.2, 0.25) is 5.02 Å². The molecule has 1 aromatic carbocycles. The van der Waals surface area contributed by atoms with Gasteiger partial charge in [-0.25, -0.2) is 14.8 Å². The first-order valence-corrected chi connectivity index (χ1v) is 7.37. The van der Waals surface area contributed by atoms with Crippen LogP contribution in [0.3, 0.4) is 0 Å². The topological polar surface area (TPSA) is 72.3 Å². The zero-order valence-corrected chi connectivity index (χ0v) is 13.4. The highest BCUT2D eigenvalue weighted by atomic mass is 35.5. The summed E-state index contributed by atoms with van der Waals surface area (Å²) in [6.07, 6.45) is -0.815. The summed E-state index contributed by atoms with van der Waals surface area (Å²) in [5.74, 6) is 0.784. The van der Waals surface area contributed by atoms with Gasteiger partial charge in [0.25, 0.3) is 0 Å². The number of aromatic nitrogens is 2. The zero-order valence-electron chi connectivity index (χ0n) is 12.6. The molecule has 1 heterocycles. The molecule has 0 radical (unpaired) electrons. The summed E-state index contributed by atoms with van der Waals surface area (Å²) in [5.41, 5.74) is 1.98. The lowest BCUT2D eigenvalue weighted by atomic mass is 10.1. The van der Waals surface area contributed by atoms with Gasteiger partial charge in [-0.05, 0) is 36.6 Å². The van der Waals surface area contributed by atoms with Crippen LogP contribution < -0.4 is 4.74 Å². The van der Waals surface area contributed by atoms with Gasteiger partial charge in [-0.3, -0.25) is 0 Å². The first-order chi connectivity index (χ1) is 10.4. The number of carbonyl (C=O) groups is 1. The molecule has 6 heteroatoms. The van der Waals surface area contributed by atoms with Crippen LogP contribution in [0, 0.1) is 0 Å². The SMILES string of the molecule is CCc1nc(-c2ccc(Cl)cc2)nc(C(C)C)c1OC(=O)O. The number of ether oxygens (including phenoxy) is 1. The number of halogens is 1. The first kappa shape index (κ1) is 16.2. The van der Waals surface area contributed by atoms with Crippen molar-refractivity contribution in [1.29, 1.82) is 0 Å². The molecular formula is C16H17ClN2O3. The summed E-state index contributed by atoms with van der Waals surface area (Å²) in [4.78, 5) is 19.8. The normalized spacial score (nSPS) is 10.8. The van der Waals surface area contributed by atoms with Gasteiger partial charge in [-0.15, -0.1) is 0 Å². The van der Waals surface area contributed by atoms with Crippen molar-refractivity contribution in [1.82, 2.24) is 9.97 Å². The van der Waals surface area contributed by atoms with Gasteiger partial charge in [0.1, 0.15) is 0 Å². The van der Waals surface area contributed by atoms with Crippen molar-refractivity contribution in [2.75, 3.05) is 0 Å². The second kappa shape index (κ2) is 6.75. The fraction of sp³-hybridized carbons (Fsp3) is 0.312. The molecule has 1 N–H and O–H groups in total. The Morgan fingerprint density at radius 2 is 1.91 bits per heavy atom. The fourth-order valence-corrected chi connectivity index (χ4v) is 2.20. The molecule has 22 heavy (non-hydrogen) atoms. The van der Waals surface area contributed by atoms with E-state index < -0.39 is 6.16 Å². The van der Waals surface area contributed by atoms with Crippen molar-refractivity contribution < 1.29 is 14.6 Å². The molecule has 0 aliphatic heterocycles. The Morgan fingerprint density at radius 1 is 1.27 bits per heavy atom. The van der Waals surface area contributed by atoms with Crippen LogP contribution in [0.1, 0.15) is 38.1 Å². The Hall–Kier alpha value is -2.14. The molecule has 0 unspecified atom stereocenters. The van der Waals surface area contributed by atoms with E-state index in [1.165, 1.54) is 0 Å². The Kier molecular flexibility index (Phi) is 4.98. The van der Waals surface area contributed by atoms with Gasteiger partial charge in [0.2, 0.25) is 0 Å². The predicted molar refractivity (Wildman–Crippen MR) is 84.6 cm³/mol. The molecule has 116 valence electrons. The second-order valence-corrected chi connectivity index (χ2v) is 5.53. The van der Waals surface area contributed by atoms with Crippen molar-refractivity contribution in [2.45, 2.75) is 33.1 Å². The van der Waals surface area contributed by atoms with Gasteiger partial charge in [0.05, 0.1) is 11.4 Å². The molecule has 0 spiro atoms. The monoisotopic (exact) mass is 320 g/mol. The molecule has 2 aromatic rings. The van der Waals surface area contributed by atoms with Crippen molar-refractivity contribution in [2.24, 2.45) is 0 Å². The fourth-order valence-electron chi connectivity index (χ4n) is 2.07. The largest absolute Gasteiger partial charge is 0.511 e. The van der Waals surface area contributed by atoms with Crippen LogP contribution >= 0.6 is 11.6 Å². The molecule has 0 saturated carbocycles. The third-order valence-corrected chi connectivity index (χ3v) is 3.39. The van der Waals surface area contributed by atoms with E-state index in [1.807, 2.05) is 32.9 Å². The summed E-state index contributed by atoms with van der Waals surface area (Å²) in [6, 6.07) is 7.20. The average Bonchev–Trinajstić information content (AvgIpc) is 2.47. The van der Waals surface area contributed by atoms with E-state index in [4.69, 9.17) is 21.4 Å². The van der Waals surface area contributed by atoms with Crippen LogP contribution in [0.4, 0.5) is 4.79 Å². The van der Waals surface area contributed by atoms with Crippen molar-refractivity contribution >= 4 is 17.8 Å². The van der Waals surface area contributed by atoms with Crippen LogP contribution in [0.5, 0.6) is 5.75 Å². The Bertz CT molecular complexity index is 685. The quantitative estimate of drug-likeness (QED) is 0.837. The van der Waals surface area contributed by atoms with Crippen molar-refractivity contribution in [3.63, 3.8) is 0 Å². The van der Waals surface area contributed by atoms with E-state index in [2.05, 4.69) is 9.97 Å². The van der Waals surface area contributed by atoms with Gasteiger partial charge >= 0.3 is 6.16 Å². The minimum Gasteiger partial charge on any atom is -0.449 e. The lowest BCUT2D eigenvalue weighted by Crippen LogP contribution is -2.12. The maximum atomic E-state index is 10.9. The molecule has 1 aromatic heterocycles. The number of aryl methyl sites for hydroxylation is 1. The Balaban J connectivity index is 2.60. The van der Waals surface area contributed by atoms with Gasteiger partial charge in [-0.2, -0.15) is 0 Å². The number of hydrogen-bond acceptors (Lipinski definition) is 4. The van der Waals surface area contributed by atoms with E-state index in [0.717, 1.165) is 5.56 Å². The number of rotatable bonds is 4. The summed E-state index contributed by atoms with van der Waals surface area (Å²) >= 11 is 5.90. The number of carboxylic acid groups (broad SMARTS) is 1. The highest BCUT2D eigenvalue weighted by Crippen LogP contribution is 2.31. The van der Waals surface area contributed by atoms with E-state index in [-0.39, 0.29) is 11.7 Å². The molecule has 0 saturated heterocycles. The lowest BCUT2D eigenvalue weighted by molar-refractivity contribution is 0.143. The first-order valence-electron chi connectivity index (χ1n) is 6.99. The molecule has 2 rings (SSSR count). The summed E-state index contributed by atoms with van der Waals surface area (Å²) in [5, 5.41) is 9.55. The van der Waals surface area contributed by atoms with Crippen molar-refractivity contribution in [3.05, 3.63) is 40.7 Å². The lowest BCUT2D eigenvalue weighted by Gasteiger charge is -2.15. The number of hydrogen-bond donors (Lipinski definition) is 1. The Labute approximate surface area is 133 Å². The molecule has 0 fully saturated rings. The number of nitrogens with zero attached hydrogens (tertiary/aromatic N) is 2. The van der Waals surface area contributed by atoms with Gasteiger partial charge in [0.15, 0.2) is 11.6 Å². The van der Waals surface area contributed by atoms with E-state index >= 15 is 0 Å². The molecule has 0 amide bonds. The smallest absolute Gasteiger partial charge is 0.449 e. The van der Waals surface area contributed by atoms with Gasteiger partial charge in [0, 0.05) is 10.6 Å². The summed E-state index contributed by atoms with van der Waals surface area (Å²) in [7, 11) is 0. The summed E-state index contributed by atoms with van der Waals surface area (Å²) in [6.45, 7) is 5.76. The minimum atomic E-state index is -1.36. The van der Waals surface area contributed by atoms with E-state index in [9.17, 15) is 4.79 Å². The third-order valence-electron chi connectivity index (χ3n) is 3.14. The van der Waals surface area contributed by atoms with E-state index in [0.29, 0.717) is 28.7 Å². The maximum absolute atomic E-state index is 10.9. The average molecular weight is 321 g/mol. The van der Waals surface area contributed by atoms with E-state index in [1.54, 1.807) is 12.1 Å².